The summed E-state index contributed by atoms with van der Waals surface area (Å²) >= 11 is 1.17. The standard InChI is InChI=1S/C14H17.Hf/c1-10-9-14(4,12(3)11(10)2)13-7-5-6-8-13;/h5-7H,8H2,1-4H3;. The summed E-state index contributed by atoms with van der Waals surface area (Å²) in [6.45, 7) is 9.28. The van der Waals surface area contributed by atoms with Crippen molar-refractivity contribution in [3.05, 3.63) is 43.9 Å². The van der Waals surface area contributed by atoms with Crippen LogP contribution in [0.25, 0.3) is 0 Å². The summed E-state index contributed by atoms with van der Waals surface area (Å²) in [7, 11) is 0. The van der Waals surface area contributed by atoms with Crippen molar-refractivity contribution >= 4 is 0 Å². The van der Waals surface area contributed by atoms with E-state index in [2.05, 4.69) is 45.9 Å². The van der Waals surface area contributed by atoms with Gasteiger partial charge in [-0.1, -0.05) is 0 Å². The predicted octanol–water partition coefficient (Wildman–Crippen LogP) is 4.05. The molecular formula is C14H17Hf. The van der Waals surface area contributed by atoms with Gasteiger partial charge in [0, 0.05) is 0 Å². The molecule has 2 rings (SSSR count). The molecule has 0 spiro atoms. The summed E-state index contributed by atoms with van der Waals surface area (Å²) in [5.41, 5.74) is 6.48. The Balaban J connectivity index is 2.54. The van der Waals surface area contributed by atoms with Crippen molar-refractivity contribution in [3.8, 4) is 0 Å². The van der Waals surface area contributed by atoms with E-state index >= 15 is 0 Å². The van der Waals surface area contributed by atoms with Crippen LogP contribution in [0.4, 0.5) is 0 Å². The van der Waals surface area contributed by atoms with Gasteiger partial charge in [-0.3, -0.25) is 0 Å². The van der Waals surface area contributed by atoms with Crippen LogP contribution in [0.5, 0.6) is 0 Å². The third-order valence-electron chi connectivity index (χ3n) is 4.16. The van der Waals surface area contributed by atoms with Crippen molar-refractivity contribution in [2.24, 2.45) is 5.41 Å². The van der Waals surface area contributed by atoms with Crippen LogP contribution in [0, 0.1) is 5.41 Å². The zero-order valence-electron chi connectivity index (χ0n) is 9.94. The SMILES string of the molecule is CC1=C(C)C(C)(C2=CC=CC2)[C]([Hf])=C1C. The maximum atomic E-state index is 2.41. The zero-order valence-corrected chi connectivity index (χ0v) is 13.5. The van der Waals surface area contributed by atoms with Crippen LogP contribution < -0.4 is 0 Å². The van der Waals surface area contributed by atoms with Crippen molar-refractivity contribution in [2.75, 3.05) is 0 Å². The van der Waals surface area contributed by atoms with E-state index in [1.807, 2.05) is 0 Å². The molecule has 0 fully saturated rings. The molecule has 0 heterocycles. The maximum absolute atomic E-state index is 2.41. The second-order valence-electron chi connectivity index (χ2n) is 4.70. The Hall–Kier alpha value is -0.170. The molecule has 1 atom stereocenters. The van der Waals surface area contributed by atoms with Crippen molar-refractivity contribution in [3.63, 3.8) is 0 Å². The van der Waals surface area contributed by atoms with Crippen molar-refractivity contribution in [1.29, 1.82) is 0 Å². The number of rotatable bonds is 1. The van der Waals surface area contributed by atoms with Crippen LogP contribution in [0.3, 0.4) is 0 Å². The number of allylic oxidation sites excluding steroid dienone is 8. The molecule has 0 amide bonds. The van der Waals surface area contributed by atoms with E-state index in [1.54, 1.807) is 20.0 Å². The Labute approximate surface area is 107 Å². The fourth-order valence-corrected chi connectivity index (χ4v) is 4.55. The van der Waals surface area contributed by atoms with Gasteiger partial charge in [-0.15, -0.1) is 0 Å². The predicted molar refractivity (Wildman–Crippen MR) is 61.0 cm³/mol. The molecule has 0 saturated heterocycles. The van der Waals surface area contributed by atoms with E-state index in [0.717, 1.165) is 6.42 Å². The van der Waals surface area contributed by atoms with Crippen LogP contribution in [0.1, 0.15) is 34.1 Å². The third kappa shape index (κ3) is 1.43. The molecule has 0 aromatic rings. The quantitative estimate of drug-likeness (QED) is 0.617. The van der Waals surface area contributed by atoms with Crippen LogP contribution in [0.15, 0.2) is 43.9 Å². The van der Waals surface area contributed by atoms with Crippen LogP contribution in [-0.2, 0) is 24.4 Å². The molecule has 0 aromatic carbocycles. The van der Waals surface area contributed by atoms with Gasteiger partial charge in [-0.2, -0.15) is 0 Å². The minimum atomic E-state index is 0.254. The minimum absolute atomic E-state index is 0.254. The topological polar surface area (TPSA) is 0 Å². The summed E-state index contributed by atoms with van der Waals surface area (Å²) < 4.78 is 1.67. The Kier molecular flexibility index (Phi) is 2.79. The Morgan fingerprint density at radius 2 is 1.87 bits per heavy atom. The molecule has 15 heavy (non-hydrogen) atoms. The van der Waals surface area contributed by atoms with Crippen molar-refractivity contribution in [1.82, 2.24) is 0 Å². The third-order valence-corrected chi connectivity index (χ3v) is 7.31. The molecule has 0 aromatic heterocycles. The van der Waals surface area contributed by atoms with E-state index in [0.29, 0.717) is 0 Å². The summed E-state index contributed by atoms with van der Waals surface area (Å²) in [5.74, 6) is 0. The van der Waals surface area contributed by atoms with E-state index in [9.17, 15) is 0 Å². The molecular weight excluding hydrogens is 347 g/mol. The first kappa shape index (κ1) is 11.3. The molecule has 0 N–H and O–H groups in total. The molecule has 0 aliphatic heterocycles. The molecule has 77 valence electrons. The second kappa shape index (κ2) is 3.69. The summed E-state index contributed by atoms with van der Waals surface area (Å²) in [6, 6.07) is 0. The molecule has 1 heteroatoms. The first-order chi connectivity index (χ1) is 6.99. The molecule has 0 saturated carbocycles. The van der Waals surface area contributed by atoms with Gasteiger partial charge >= 0.3 is 108 Å². The normalized spacial score (nSPS) is 30.5. The van der Waals surface area contributed by atoms with Crippen LogP contribution >= 0.6 is 0 Å². The van der Waals surface area contributed by atoms with E-state index in [4.69, 9.17) is 0 Å². The Bertz CT molecular complexity index is 406. The van der Waals surface area contributed by atoms with Crippen molar-refractivity contribution in [2.45, 2.75) is 34.1 Å². The summed E-state index contributed by atoms with van der Waals surface area (Å²) in [4.78, 5) is 0. The fourth-order valence-electron chi connectivity index (χ4n) is 2.63. The molecule has 2 aliphatic rings. The van der Waals surface area contributed by atoms with Gasteiger partial charge in [0.05, 0.1) is 0 Å². The van der Waals surface area contributed by atoms with E-state index < -0.39 is 0 Å². The van der Waals surface area contributed by atoms with Crippen LogP contribution in [0.2, 0.25) is 0 Å². The van der Waals surface area contributed by atoms with Gasteiger partial charge in [-0.05, 0) is 0 Å². The molecule has 0 nitrogen and oxygen atoms in total. The monoisotopic (exact) mass is 365 g/mol. The average molecular weight is 364 g/mol. The van der Waals surface area contributed by atoms with Gasteiger partial charge in [0.2, 0.25) is 0 Å². The first-order valence-electron chi connectivity index (χ1n) is 5.47. The second-order valence-corrected chi connectivity index (χ2v) is 6.50. The fraction of sp³-hybridized carbons (Fsp3) is 0.429. The van der Waals surface area contributed by atoms with Gasteiger partial charge < -0.3 is 0 Å². The number of hydrogen-bond acceptors (Lipinski definition) is 0. The van der Waals surface area contributed by atoms with Gasteiger partial charge in [-0.25, -0.2) is 0 Å². The Morgan fingerprint density at radius 1 is 1.20 bits per heavy atom. The summed E-state index contributed by atoms with van der Waals surface area (Å²) in [5, 5.41) is 0. The van der Waals surface area contributed by atoms with Gasteiger partial charge in [0.15, 0.2) is 0 Å². The summed E-state index contributed by atoms with van der Waals surface area (Å²) in [6.07, 6.45) is 7.92. The Morgan fingerprint density at radius 3 is 2.27 bits per heavy atom. The van der Waals surface area contributed by atoms with Crippen LogP contribution in [-0.4, -0.2) is 0 Å². The van der Waals surface area contributed by atoms with Gasteiger partial charge in [0.25, 0.3) is 0 Å². The van der Waals surface area contributed by atoms with E-state index in [1.165, 1.54) is 29.9 Å². The molecule has 0 radical (unpaired) electrons. The van der Waals surface area contributed by atoms with Crippen molar-refractivity contribution < 1.29 is 24.4 Å². The van der Waals surface area contributed by atoms with E-state index in [-0.39, 0.29) is 5.41 Å². The molecule has 2 aliphatic carbocycles. The zero-order chi connectivity index (χ0) is 11.2. The number of hydrogen-bond donors (Lipinski definition) is 0. The molecule has 1 unspecified atom stereocenters. The molecule has 0 bridgehead atoms. The first-order valence-corrected chi connectivity index (χ1v) is 7.26. The average Bonchev–Trinajstić information content (AvgIpc) is 2.81. The van der Waals surface area contributed by atoms with Gasteiger partial charge in [0.1, 0.15) is 0 Å².